The minimum absolute atomic E-state index is 0.161. The maximum absolute atomic E-state index is 11.5. The molecule has 1 N–H and O–H groups in total. The van der Waals surface area contributed by atoms with Crippen molar-refractivity contribution in [3.8, 4) is 0 Å². The second kappa shape index (κ2) is 3.60. The molecule has 96 valence electrons. The quantitative estimate of drug-likeness (QED) is 0.798. The van der Waals surface area contributed by atoms with Gasteiger partial charge in [-0.3, -0.25) is 4.90 Å². The number of hydrogen-bond donors (Lipinski definition) is 1. The van der Waals surface area contributed by atoms with E-state index in [1.165, 1.54) is 18.5 Å². The van der Waals surface area contributed by atoms with Crippen molar-refractivity contribution in [3.63, 3.8) is 0 Å². The van der Waals surface area contributed by atoms with Crippen molar-refractivity contribution in [1.82, 2.24) is 10.2 Å². The molecule has 0 aromatic carbocycles. The van der Waals surface area contributed by atoms with Crippen LogP contribution in [0.1, 0.15) is 12.8 Å². The molecule has 4 rings (SSSR count). The molecule has 0 bridgehead atoms. The number of carbonyl (C=O) groups excluding carboxylic acids is 1. The topological polar surface area (TPSA) is 41.6 Å². The lowest BCUT2D eigenvalue weighted by atomic mass is 9.89. The minimum atomic E-state index is -0.161. The number of ether oxygens (including phenoxy) is 1. The van der Waals surface area contributed by atoms with Gasteiger partial charge in [0, 0.05) is 12.0 Å². The van der Waals surface area contributed by atoms with Gasteiger partial charge in [-0.25, -0.2) is 4.79 Å². The van der Waals surface area contributed by atoms with Gasteiger partial charge in [-0.15, -0.1) is 0 Å². The van der Waals surface area contributed by atoms with Gasteiger partial charge < -0.3 is 10.1 Å². The van der Waals surface area contributed by atoms with Crippen molar-refractivity contribution in [2.75, 3.05) is 26.2 Å². The zero-order chi connectivity index (χ0) is 12.2. The molecule has 2 aliphatic carbocycles. The van der Waals surface area contributed by atoms with Crippen LogP contribution in [-0.4, -0.2) is 43.3 Å². The molecule has 4 aliphatic rings. The second-order valence-electron chi connectivity index (χ2n) is 5.82. The van der Waals surface area contributed by atoms with E-state index in [2.05, 4.69) is 23.5 Å². The van der Waals surface area contributed by atoms with Crippen LogP contribution in [0.2, 0.25) is 0 Å². The maximum Gasteiger partial charge on any atom is 0.410 e. The molecule has 0 spiro atoms. The molecule has 2 unspecified atom stereocenters. The van der Waals surface area contributed by atoms with Crippen molar-refractivity contribution in [2.45, 2.75) is 18.9 Å². The van der Waals surface area contributed by atoms with Crippen LogP contribution in [0.4, 0.5) is 4.79 Å². The average Bonchev–Trinajstić information content (AvgIpc) is 2.74. The molecule has 1 saturated carbocycles. The lowest BCUT2D eigenvalue weighted by Crippen LogP contribution is -2.35. The van der Waals surface area contributed by atoms with Gasteiger partial charge in [0.05, 0.1) is 12.6 Å². The Morgan fingerprint density at radius 2 is 2.44 bits per heavy atom. The van der Waals surface area contributed by atoms with Gasteiger partial charge in [-0.1, -0.05) is 18.2 Å². The number of cyclic esters (lactones) is 1. The zero-order valence-corrected chi connectivity index (χ0v) is 10.4. The molecular formula is C14H18N2O2. The highest BCUT2D eigenvalue weighted by Crippen LogP contribution is 2.60. The number of nitrogens with one attached hydrogen (secondary N) is 1. The first-order valence-electron chi connectivity index (χ1n) is 6.82. The second-order valence-corrected chi connectivity index (χ2v) is 5.82. The predicted octanol–water partition coefficient (Wildman–Crippen LogP) is 1.30. The molecule has 3 atom stereocenters. The van der Waals surface area contributed by atoms with Crippen LogP contribution < -0.4 is 5.32 Å². The summed E-state index contributed by atoms with van der Waals surface area (Å²) in [5, 5.41) is 3.47. The first kappa shape index (κ1) is 10.6. The van der Waals surface area contributed by atoms with E-state index in [4.69, 9.17) is 4.74 Å². The summed E-state index contributed by atoms with van der Waals surface area (Å²) in [7, 11) is 0. The van der Waals surface area contributed by atoms with Crippen LogP contribution in [-0.2, 0) is 4.74 Å². The summed E-state index contributed by atoms with van der Waals surface area (Å²) in [6.45, 7) is 3.57. The summed E-state index contributed by atoms with van der Waals surface area (Å²) in [4.78, 5) is 13.4. The Morgan fingerprint density at radius 1 is 1.50 bits per heavy atom. The first-order valence-corrected chi connectivity index (χ1v) is 6.82. The van der Waals surface area contributed by atoms with Gasteiger partial charge in [-0.05, 0) is 30.9 Å². The summed E-state index contributed by atoms with van der Waals surface area (Å²) in [5.74, 6) is 0.849. The fraction of sp³-hybridized carbons (Fsp3) is 0.643. The highest BCUT2D eigenvalue weighted by Gasteiger charge is 2.58. The largest absolute Gasteiger partial charge is 0.448 e. The molecule has 0 aromatic heterocycles. The molecule has 2 saturated heterocycles. The van der Waals surface area contributed by atoms with E-state index in [9.17, 15) is 4.79 Å². The van der Waals surface area contributed by atoms with Gasteiger partial charge in [0.2, 0.25) is 0 Å². The molecule has 4 heteroatoms. The molecule has 3 fully saturated rings. The van der Waals surface area contributed by atoms with E-state index in [0.717, 1.165) is 25.4 Å². The maximum atomic E-state index is 11.5. The van der Waals surface area contributed by atoms with E-state index in [1.807, 2.05) is 4.90 Å². The lowest BCUT2D eigenvalue weighted by molar-refractivity contribution is 0.153. The van der Waals surface area contributed by atoms with Crippen LogP contribution in [0.3, 0.4) is 0 Å². The van der Waals surface area contributed by atoms with Crippen molar-refractivity contribution in [3.05, 3.63) is 23.8 Å². The van der Waals surface area contributed by atoms with Crippen LogP contribution in [0.25, 0.3) is 0 Å². The van der Waals surface area contributed by atoms with E-state index in [0.29, 0.717) is 12.0 Å². The van der Waals surface area contributed by atoms with E-state index < -0.39 is 0 Å². The zero-order valence-electron chi connectivity index (χ0n) is 10.4. The Kier molecular flexibility index (Phi) is 2.13. The molecule has 0 radical (unpaired) electrons. The van der Waals surface area contributed by atoms with Crippen LogP contribution in [0.15, 0.2) is 23.8 Å². The summed E-state index contributed by atoms with van der Waals surface area (Å²) >= 11 is 0. The number of carbonyl (C=O) groups is 1. The SMILES string of the molecule is O=C1OCCN1C1C=CC([C@@]23CNCC2C3)=CC1. The molecule has 2 heterocycles. The third kappa shape index (κ3) is 1.38. The van der Waals surface area contributed by atoms with E-state index in [1.54, 1.807) is 0 Å². The van der Waals surface area contributed by atoms with Crippen LogP contribution in [0, 0.1) is 11.3 Å². The van der Waals surface area contributed by atoms with E-state index >= 15 is 0 Å². The molecule has 18 heavy (non-hydrogen) atoms. The number of rotatable bonds is 2. The molecule has 4 nitrogen and oxygen atoms in total. The summed E-state index contributed by atoms with van der Waals surface area (Å²) in [6, 6.07) is 0.201. The Hall–Kier alpha value is -1.29. The van der Waals surface area contributed by atoms with Crippen molar-refractivity contribution in [1.29, 1.82) is 0 Å². The predicted molar refractivity (Wildman–Crippen MR) is 67.1 cm³/mol. The van der Waals surface area contributed by atoms with Gasteiger partial charge >= 0.3 is 6.09 Å². The number of amides is 1. The Bertz CT molecular complexity index is 457. The van der Waals surface area contributed by atoms with Crippen LogP contribution >= 0.6 is 0 Å². The van der Waals surface area contributed by atoms with Gasteiger partial charge in [0.25, 0.3) is 0 Å². The number of piperidine rings is 1. The Morgan fingerprint density at radius 3 is 3.00 bits per heavy atom. The Balaban J connectivity index is 1.48. The summed E-state index contributed by atoms with van der Waals surface area (Å²) in [6.07, 6.45) is 8.88. The fourth-order valence-corrected chi connectivity index (χ4v) is 3.71. The van der Waals surface area contributed by atoms with Crippen molar-refractivity contribution >= 4 is 6.09 Å². The highest BCUT2D eigenvalue weighted by molar-refractivity contribution is 5.70. The lowest BCUT2D eigenvalue weighted by Gasteiger charge is -2.26. The third-order valence-corrected chi connectivity index (χ3v) is 4.91. The standard InChI is InChI=1S/C14H18N2O2/c17-13-16(5-6-18-13)12-3-1-10(2-4-12)14-7-11(14)8-15-9-14/h1-3,11-12,15H,4-9H2/t11?,12?,14-/m1/s1. The van der Waals surface area contributed by atoms with Gasteiger partial charge in [0.1, 0.15) is 6.61 Å². The smallest absolute Gasteiger partial charge is 0.410 e. The summed E-state index contributed by atoms with van der Waals surface area (Å²) < 4.78 is 5.00. The monoisotopic (exact) mass is 246 g/mol. The number of hydrogen-bond acceptors (Lipinski definition) is 3. The molecule has 2 aliphatic heterocycles. The Labute approximate surface area is 107 Å². The first-order chi connectivity index (χ1) is 8.79. The highest BCUT2D eigenvalue weighted by atomic mass is 16.6. The molecule has 1 amide bonds. The van der Waals surface area contributed by atoms with Gasteiger partial charge in [0.15, 0.2) is 0 Å². The summed E-state index contributed by atoms with van der Waals surface area (Å²) in [5.41, 5.74) is 1.92. The fourth-order valence-electron chi connectivity index (χ4n) is 3.71. The number of nitrogens with zero attached hydrogens (tertiary/aromatic N) is 1. The number of fused-ring (bicyclic) bond motifs is 1. The average molecular weight is 246 g/mol. The normalized spacial score (nSPS) is 41.7. The van der Waals surface area contributed by atoms with Gasteiger partial charge in [-0.2, -0.15) is 0 Å². The van der Waals surface area contributed by atoms with E-state index in [-0.39, 0.29) is 12.1 Å². The minimum Gasteiger partial charge on any atom is -0.448 e. The van der Waals surface area contributed by atoms with Crippen LogP contribution in [0.5, 0.6) is 0 Å². The molecule has 0 aromatic rings. The third-order valence-electron chi connectivity index (χ3n) is 4.91. The number of allylic oxidation sites excluding steroid dienone is 1. The van der Waals surface area contributed by atoms with Crippen molar-refractivity contribution < 1.29 is 9.53 Å². The van der Waals surface area contributed by atoms with Crippen molar-refractivity contribution in [2.24, 2.45) is 11.3 Å². The molecular weight excluding hydrogens is 228 g/mol.